The van der Waals surface area contributed by atoms with Crippen molar-refractivity contribution in [1.29, 1.82) is 0 Å². The molecule has 0 amide bonds. The van der Waals surface area contributed by atoms with Gasteiger partial charge >= 0.3 is 22.5 Å². The van der Waals surface area contributed by atoms with Gasteiger partial charge in [-0.05, 0) is 220 Å². The molecule has 4 heterocycles. The lowest BCUT2D eigenvalue weighted by Gasteiger charge is -2.34. The largest absolute Gasteiger partial charge is 0.386 e. The number of rotatable bonds is 10. The van der Waals surface area contributed by atoms with E-state index >= 15 is 0 Å². The molecule has 568 valence electrons. The second-order valence-electron chi connectivity index (χ2n) is 39.8. The lowest BCUT2D eigenvalue weighted by Crippen LogP contribution is -2.25. The van der Waals surface area contributed by atoms with E-state index < -0.39 is 22.5 Å². The zero-order valence-electron chi connectivity index (χ0n) is 67.7. The van der Waals surface area contributed by atoms with E-state index in [2.05, 4.69) is 257 Å². The Morgan fingerprint density at radius 1 is 0.232 bits per heavy atom. The SMILES string of the molecule is CC(C)(C)CC(C)(C)c1ccc(-n2c3ccc(C(C)(C)CC(C)(C)C)cc3c3cc(Cl)c4c5c(Cl)cc6c(=O)oc(=O)c7cc(Cl)c(c8c(Cl)cc2c3c48)c5c67)cc1.CC(C)(C)CC(C)(C)c1ccc(-n2c3ccc(C(C)(C)CC(C)(C)C)cc3c3ccc4c5ccc6c(=O)oc(=O)c7ccc(c8ccc2c3c48)c5c67)cc1. The van der Waals surface area contributed by atoms with Crippen molar-refractivity contribution < 1.29 is 8.83 Å². The van der Waals surface area contributed by atoms with E-state index in [9.17, 15) is 19.2 Å². The third-order valence-electron chi connectivity index (χ3n) is 24.0. The van der Waals surface area contributed by atoms with Crippen LogP contribution in [0.25, 0.3) is 163 Å². The standard InChI is InChI=1S/C50H45Cl4NO3.C50H49NO3/c1-47(2,3)22-49(7,8)24-11-14-26(15-12-24)55-35-16-13-25(50(9,10)23-48(4,5)6)17-27(35)28-18-31(51)41-39-32(52)19-29-37-30(46(57)58-45(29)56)20-33(53)40(43(37)39)42-34(54)21-36(55)38(28)44(41)42;1-47(2,3)26-49(7,8)28-11-14-30(15-12-28)51-39-23-13-29(50(9,10)27-48(4,5)6)25-38(39)35-17-16-33-31-18-20-36-43-37(46(53)54-45(36)52)21-19-32(41(31)43)34-22-24-40(51)44(35)42(33)34/h11-21H,22-23H2,1-10H3;11-25H,26-27H2,1-10H3. The summed E-state index contributed by atoms with van der Waals surface area (Å²) in [6, 6.07) is 56.1. The van der Waals surface area contributed by atoms with E-state index in [1.54, 1.807) is 12.1 Å². The summed E-state index contributed by atoms with van der Waals surface area (Å²) in [5.74, 6) is 0. The predicted molar refractivity (Wildman–Crippen MR) is 479 cm³/mol. The maximum Gasteiger partial charge on any atom is 0.346 e. The molecular weight excluding hydrogens is 1470 g/mol. The molecule has 0 atom stereocenters. The van der Waals surface area contributed by atoms with Crippen LogP contribution >= 0.6 is 46.4 Å². The number of benzene rings is 14. The average molecular weight is 1560 g/mol. The summed E-state index contributed by atoms with van der Waals surface area (Å²) in [7, 11) is 0. The van der Waals surface area contributed by atoms with E-state index in [4.69, 9.17) is 55.2 Å². The molecule has 0 aliphatic heterocycles. The Bertz CT molecular complexity index is 7120. The molecule has 0 spiro atoms. The molecular formula is C100H94Cl4N2O6. The zero-order valence-corrected chi connectivity index (χ0v) is 70.7. The third kappa shape index (κ3) is 12.0. The van der Waals surface area contributed by atoms with Crippen molar-refractivity contribution in [3.8, 4) is 11.4 Å². The number of hydrogen-bond acceptors (Lipinski definition) is 6. The lowest BCUT2D eigenvalue weighted by atomic mass is 9.72. The molecule has 0 aliphatic carbocycles. The van der Waals surface area contributed by atoms with Crippen LogP contribution in [0.15, 0.2) is 186 Å². The molecule has 14 aromatic carbocycles. The van der Waals surface area contributed by atoms with Gasteiger partial charge in [0, 0.05) is 96.5 Å². The highest BCUT2D eigenvalue weighted by Gasteiger charge is 2.35. The Balaban J connectivity index is 0.000000163. The number of hydrogen-bond donors (Lipinski definition) is 0. The third-order valence-corrected chi connectivity index (χ3v) is 25.2. The van der Waals surface area contributed by atoms with E-state index in [1.165, 1.54) is 49.3 Å². The quantitative estimate of drug-likeness (QED) is 0.0998. The summed E-state index contributed by atoms with van der Waals surface area (Å²) in [5.41, 5.74) is 9.34. The highest BCUT2D eigenvalue weighted by molar-refractivity contribution is 6.56. The molecule has 0 unspecified atom stereocenters. The van der Waals surface area contributed by atoms with Gasteiger partial charge in [-0.2, -0.15) is 0 Å². The molecule has 18 aromatic rings. The van der Waals surface area contributed by atoms with E-state index in [1.807, 2.05) is 36.4 Å². The van der Waals surface area contributed by atoms with Crippen LogP contribution in [0.4, 0.5) is 0 Å². The predicted octanol–water partition coefficient (Wildman–Crippen LogP) is 28.9. The van der Waals surface area contributed by atoms with Crippen LogP contribution in [0.1, 0.15) is 186 Å². The highest BCUT2D eigenvalue weighted by Crippen LogP contribution is 2.56. The molecule has 0 fully saturated rings. The van der Waals surface area contributed by atoms with Gasteiger partial charge in [-0.25, -0.2) is 19.2 Å². The first-order valence-electron chi connectivity index (χ1n) is 39.1. The minimum absolute atomic E-state index is 0.0292. The molecule has 0 N–H and O–H groups in total. The summed E-state index contributed by atoms with van der Waals surface area (Å²) in [6.45, 7) is 46.4. The second kappa shape index (κ2) is 25.1. The zero-order chi connectivity index (χ0) is 80.0. The van der Waals surface area contributed by atoms with Crippen molar-refractivity contribution in [2.24, 2.45) is 21.7 Å². The van der Waals surface area contributed by atoms with Crippen LogP contribution in [0.2, 0.25) is 20.1 Å². The highest BCUT2D eigenvalue weighted by atomic mass is 35.5. The van der Waals surface area contributed by atoms with Gasteiger partial charge in [0.2, 0.25) is 0 Å². The lowest BCUT2D eigenvalue weighted by molar-refractivity contribution is 0.283. The Morgan fingerprint density at radius 2 is 0.491 bits per heavy atom. The van der Waals surface area contributed by atoms with Crippen LogP contribution in [-0.4, -0.2) is 9.13 Å². The van der Waals surface area contributed by atoms with Crippen LogP contribution in [0.3, 0.4) is 0 Å². The Kier molecular flexibility index (Phi) is 16.9. The van der Waals surface area contributed by atoms with Crippen LogP contribution in [0.5, 0.6) is 0 Å². The van der Waals surface area contributed by atoms with Crippen LogP contribution in [-0.2, 0) is 21.7 Å². The minimum Gasteiger partial charge on any atom is -0.386 e. The average Bonchev–Trinajstić information content (AvgIpc) is 0.640. The number of nitrogens with zero attached hydrogens (tertiary/aromatic N) is 2. The number of aromatic nitrogens is 2. The topological polar surface area (TPSA) is 104 Å². The van der Waals surface area contributed by atoms with Crippen molar-refractivity contribution in [1.82, 2.24) is 9.13 Å². The van der Waals surface area contributed by atoms with Gasteiger partial charge in [0.1, 0.15) is 0 Å². The molecule has 0 radical (unpaired) electrons. The monoisotopic (exact) mass is 1560 g/mol. The summed E-state index contributed by atoms with van der Waals surface area (Å²) >= 11 is 29.4. The fraction of sp³-hybridized carbons (Fsp3) is 0.320. The summed E-state index contributed by atoms with van der Waals surface area (Å²) in [5, 5.41) is 20.9. The van der Waals surface area contributed by atoms with E-state index in [0.29, 0.717) is 68.6 Å². The first kappa shape index (κ1) is 75.4. The second-order valence-corrected chi connectivity index (χ2v) is 41.4. The summed E-state index contributed by atoms with van der Waals surface area (Å²) < 4.78 is 15.0. The number of halogens is 4. The molecule has 0 aliphatic rings. The maximum atomic E-state index is 13.2. The van der Waals surface area contributed by atoms with Crippen LogP contribution < -0.4 is 22.5 Å². The van der Waals surface area contributed by atoms with Crippen molar-refractivity contribution in [3.63, 3.8) is 0 Å². The van der Waals surface area contributed by atoms with Gasteiger partial charge in [-0.1, -0.05) is 252 Å². The maximum absolute atomic E-state index is 13.2. The van der Waals surface area contributed by atoms with Crippen molar-refractivity contribution in [2.75, 3.05) is 0 Å². The van der Waals surface area contributed by atoms with Crippen molar-refractivity contribution >= 4 is 198 Å². The minimum atomic E-state index is -0.766. The van der Waals surface area contributed by atoms with Crippen LogP contribution in [0, 0.1) is 21.7 Å². The molecule has 0 saturated carbocycles. The fourth-order valence-electron chi connectivity index (χ4n) is 21.2. The van der Waals surface area contributed by atoms with Crippen molar-refractivity contribution in [3.05, 3.63) is 242 Å². The first-order chi connectivity index (χ1) is 52.3. The molecule has 4 aromatic heterocycles. The molecule has 0 bridgehead atoms. The van der Waals surface area contributed by atoms with E-state index in [-0.39, 0.29) is 54.1 Å². The van der Waals surface area contributed by atoms with Gasteiger partial charge in [0.25, 0.3) is 0 Å². The summed E-state index contributed by atoms with van der Waals surface area (Å²) in [4.78, 5) is 52.2. The first-order valence-corrected chi connectivity index (χ1v) is 40.6. The molecule has 112 heavy (non-hydrogen) atoms. The molecule has 0 saturated heterocycles. The normalized spacial score (nSPS) is 13.6. The van der Waals surface area contributed by atoms with Crippen molar-refractivity contribution in [2.45, 2.75) is 186 Å². The Labute approximate surface area is 671 Å². The number of fused-ring (bicyclic) bond motifs is 8. The van der Waals surface area contributed by atoms with Gasteiger partial charge < -0.3 is 18.0 Å². The number of pyridine rings is 2. The fourth-order valence-corrected chi connectivity index (χ4v) is 22.4. The van der Waals surface area contributed by atoms with Gasteiger partial charge in [0.15, 0.2) is 0 Å². The van der Waals surface area contributed by atoms with E-state index in [0.717, 1.165) is 102 Å². The van der Waals surface area contributed by atoms with Gasteiger partial charge in [-0.15, -0.1) is 0 Å². The Morgan fingerprint density at radius 3 is 0.884 bits per heavy atom. The van der Waals surface area contributed by atoms with Gasteiger partial charge in [0.05, 0.1) is 48.6 Å². The van der Waals surface area contributed by atoms with Gasteiger partial charge in [-0.3, -0.25) is 0 Å². The molecule has 12 heteroatoms. The summed E-state index contributed by atoms with van der Waals surface area (Å²) in [6.07, 6.45) is 4.16. The smallest absolute Gasteiger partial charge is 0.346 e. The Hall–Kier alpha value is -9.28. The molecule has 8 nitrogen and oxygen atoms in total. The molecule has 18 rings (SSSR count).